The number of rotatable bonds is 7. The summed E-state index contributed by atoms with van der Waals surface area (Å²) in [4.78, 5) is 30.4. The van der Waals surface area contributed by atoms with Crippen LogP contribution in [0, 0.1) is 5.92 Å². The quantitative estimate of drug-likeness (QED) is 0.455. The molecular weight excluding hydrogens is 400 g/mol. The highest BCUT2D eigenvalue weighted by molar-refractivity contribution is 5.94. The summed E-state index contributed by atoms with van der Waals surface area (Å²) < 4.78 is 4.05. The summed E-state index contributed by atoms with van der Waals surface area (Å²) in [5.41, 5.74) is 2.66. The standard InChI is InChI=1S/C26H28N4O2/c1-17(2)16-29-14-13-18-15-19(7-10-23(18)29)27-25(31)12-11-24-28-22-6-4-3-5-21(22)26(32)30(24)20-8-9-20/h3-7,10,13-15,17,20H,8-9,11-12,16H2,1-2H3,(H,27,31). The first kappa shape index (κ1) is 20.5. The number of hydrogen-bond acceptors (Lipinski definition) is 3. The lowest BCUT2D eigenvalue weighted by Crippen LogP contribution is -2.25. The van der Waals surface area contributed by atoms with Crippen LogP contribution in [0.1, 0.15) is 45.0 Å². The fourth-order valence-corrected chi connectivity index (χ4v) is 4.36. The molecule has 0 bridgehead atoms. The molecule has 4 aromatic rings. The molecule has 1 fully saturated rings. The van der Waals surface area contributed by atoms with E-state index in [0.29, 0.717) is 29.1 Å². The minimum atomic E-state index is -0.0734. The van der Waals surface area contributed by atoms with E-state index in [0.717, 1.165) is 30.5 Å². The second-order valence-electron chi connectivity index (χ2n) is 9.14. The summed E-state index contributed by atoms with van der Waals surface area (Å²) in [6, 6.07) is 15.8. The minimum absolute atomic E-state index is 0.00451. The van der Waals surface area contributed by atoms with Crippen molar-refractivity contribution in [2.75, 3.05) is 5.32 Å². The highest BCUT2D eigenvalue weighted by Crippen LogP contribution is 2.35. The Labute approximate surface area is 186 Å². The van der Waals surface area contributed by atoms with Gasteiger partial charge in [0.25, 0.3) is 5.56 Å². The van der Waals surface area contributed by atoms with E-state index >= 15 is 0 Å². The molecular formula is C26H28N4O2. The molecule has 5 rings (SSSR count). The van der Waals surface area contributed by atoms with Crippen LogP contribution in [-0.2, 0) is 17.8 Å². The van der Waals surface area contributed by atoms with E-state index in [9.17, 15) is 9.59 Å². The third kappa shape index (κ3) is 4.05. The summed E-state index contributed by atoms with van der Waals surface area (Å²) in [6.07, 6.45) is 4.81. The molecule has 0 spiro atoms. The second-order valence-corrected chi connectivity index (χ2v) is 9.14. The predicted octanol–water partition coefficient (Wildman–Crippen LogP) is 4.91. The van der Waals surface area contributed by atoms with E-state index < -0.39 is 0 Å². The van der Waals surface area contributed by atoms with Gasteiger partial charge in [-0.2, -0.15) is 0 Å². The van der Waals surface area contributed by atoms with Gasteiger partial charge in [-0.05, 0) is 55.2 Å². The maximum absolute atomic E-state index is 13.0. The molecule has 6 heteroatoms. The van der Waals surface area contributed by atoms with Gasteiger partial charge in [0.15, 0.2) is 0 Å². The third-order valence-electron chi connectivity index (χ3n) is 5.99. The van der Waals surface area contributed by atoms with Gasteiger partial charge in [-0.25, -0.2) is 4.98 Å². The van der Waals surface area contributed by atoms with Crippen LogP contribution in [0.2, 0.25) is 0 Å². The number of nitrogens with one attached hydrogen (secondary N) is 1. The summed E-state index contributed by atoms with van der Waals surface area (Å²) in [5.74, 6) is 1.20. The van der Waals surface area contributed by atoms with Crippen LogP contribution in [-0.4, -0.2) is 20.0 Å². The topological polar surface area (TPSA) is 68.9 Å². The number of para-hydroxylation sites is 1. The summed E-state index contributed by atoms with van der Waals surface area (Å²) in [7, 11) is 0. The molecule has 6 nitrogen and oxygen atoms in total. The van der Waals surface area contributed by atoms with Crippen molar-refractivity contribution in [2.24, 2.45) is 5.92 Å². The zero-order valence-corrected chi connectivity index (χ0v) is 18.5. The van der Waals surface area contributed by atoms with Crippen molar-refractivity contribution in [3.05, 3.63) is 70.9 Å². The van der Waals surface area contributed by atoms with Crippen molar-refractivity contribution >= 4 is 33.4 Å². The van der Waals surface area contributed by atoms with Gasteiger partial charge in [0.2, 0.25) is 5.91 Å². The average molecular weight is 429 g/mol. The maximum Gasteiger partial charge on any atom is 0.261 e. The molecule has 32 heavy (non-hydrogen) atoms. The van der Waals surface area contributed by atoms with Gasteiger partial charge < -0.3 is 9.88 Å². The molecule has 0 radical (unpaired) electrons. The van der Waals surface area contributed by atoms with Crippen molar-refractivity contribution < 1.29 is 4.79 Å². The van der Waals surface area contributed by atoms with E-state index in [4.69, 9.17) is 4.98 Å². The molecule has 2 heterocycles. The van der Waals surface area contributed by atoms with E-state index in [2.05, 4.69) is 42.1 Å². The molecule has 0 unspecified atom stereocenters. The first-order valence-corrected chi connectivity index (χ1v) is 11.4. The van der Waals surface area contributed by atoms with Gasteiger partial charge in [-0.3, -0.25) is 14.2 Å². The highest BCUT2D eigenvalue weighted by atomic mass is 16.1. The summed E-state index contributed by atoms with van der Waals surface area (Å²) in [5, 5.41) is 4.76. The zero-order chi connectivity index (χ0) is 22.2. The number of nitrogens with zero attached hydrogens (tertiary/aromatic N) is 3. The van der Waals surface area contributed by atoms with Gasteiger partial charge in [0.05, 0.1) is 10.9 Å². The fraction of sp³-hybridized carbons (Fsp3) is 0.346. The molecule has 2 aromatic carbocycles. The SMILES string of the molecule is CC(C)Cn1ccc2cc(NC(=O)CCc3nc4ccccc4c(=O)n3C3CC3)ccc21. The van der Waals surface area contributed by atoms with Gasteiger partial charge in [0, 0.05) is 48.2 Å². The Morgan fingerprint density at radius 1 is 1.16 bits per heavy atom. The molecule has 1 aliphatic carbocycles. The van der Waals surface area contributed by atoms with Gasteiger partial charge in [-0.1, -0.05) is 26.0 Å². The molecule has 0 atom stereocenters. The van der Waals surface area contributed by atoms with Crippen LogP contribution in [0.25, 0.3) is 21.8 Å². The molecule has 1 saturated carbocycles. The summed E-state index contributed by atoms with van der Waals surface area (Å²) >= 11 is 0. The van der Waals surface area contributed by atoms with Crippen molar-refractivity contribution in [1.29, 1.82) is 0 Å². The predicted molar refractivity (Wildman–Crippen MR) is 128 cm³/mol. The van der Waals surface area contributed by atoms with Gasteiger partial charge in [0.1, 0.15) is 5.82 Å². The zero-order valence-electron chi connectivity index (χ0n) is 18.5. The Balaban J connectivity index is 1.32. The highest BCUT2D eigenvalue weighted by Gasteiger charge is 2.28. The maximum atomic E-state index is 13.0. The van der Waals surface area contributed by atoms with Gasteiger partial charge in [-0.15, -0.1) is 0 Å². The smallest absolute Gasteiger partial charge is 0.261 e. The van der Waals surface area contributed by atoms with Crippen molar-refractivity contribution in [2.45, 2.75) is 52.1 Å². The average Bonchev–Trinajstić information content (AvgIpc) is 3.53. The Bertz CT molecular complexity index is 1360. The Morgan fingerprint density at radius 2 is 1.97 bits per heavy atom. The molecule has 1 aliphatic rings. The number of anilines is 1. The third-order valence-corrected chi connectivity index (χ3v) is 5.99. The fourth-order valence-electron chi connectivity index (χ4n) is 4.36. The number of carbonyl (C=O) groups excluding carboxylic acids is 1. The van der Waals surface area contributed by atoms with Crippen molar-refractivity contribution in [3.8, 4) is 0 Å². The van der Waals surface area contributed by atoms with Crippen molar-refractivity contribution in [3.63, 3.8) is 0 Å². The van der Waals surface area contributed by atoms with E-state index in [1.54, 1.807) is 4.57 Å². The number of amides is 1. The molecule has 0 saturated heterocycles. The molecule has 164 valence electrons. The lowest BCUT2D eigenvalue weighted by Gasteiger charge is -2.13. The number of hydrogen-bond donors (Lipinski definition) is 1. The van der Waals surface area contributed by atoms with Gasteiger partial charge >= 0.3 is 0 Å². The van der Waals surface area contributed by atoms with E-state index in [1.807, 2.05) is 36.4 Å². The Morgan fingerprint density at radius 3 is 2.75 bits per heavy atom. The lowest BCUT2D eigenvalue weighted by atomic mass is 10.2. The number of benzene rings is 2. The Hall–Kier alpha value is -3.41. The van der Waals surface area contributed by atoms with E-state index in [1.165, 1.54) is 5.52 Å². The molecule has 2 aromatic heterocycles. The number of fused-ring (bicyclic) bond motifs is 2. The van der Waals surface area contributed by atoms with Crippen LogP contribution in [0.5, 0.6) is 0 Å². The van der Waals surface area contributed by atoms with Crippen LogP contribution in [0.15, 0.2) is 59.5 Å². The van der Waals surface area contributed by atoms with E-state index in [-0.39, 0.29) is 23.9 Å². The molecule has 1 N–H and O–H groups in total. The first-order chi connectivity index (χ1) is 15.5. The first-order valence-electron chi connectivity index (χ1n) is 11.4. The second kappa shape index (κ2) is 8.26. The van der Waals surface area contributed by atoms with Crippen molar-refractivity contribution in [1.82, 2.24) is 14.1 Å². The monoisotopic (exact) mass is 428 g/mol. The number of aryl methyl sites for hydroxylation is 1. The molecule has 1 amide bonds. The lowest BCUT2D eigenvalue weighted by molar-refractivity contribution is -0.116. The normalized spacial score (nSPS) is 13.8. The number of aromatic nitrogens is 3. The summed E-state index contributed by atoms with van der Waals surface area (Å²) in [6.45, 7) is 5.37. The largest absolute Gasteiger partial charge is 0.347 e. The van der Waals surface area contributed by atoms with Crippen LogP contribution >= 0.6 is 0 Å². The molecule has 0 aliphatic heterocycles. The Kier molecular flexibility index (Phi) is 5.29. The van der Waals surface area contributed by atoms with Crippen LogP contribution in [0.3, 0.4) is 0 Å². The minimum Gasteiger partial charge on any atom is -0.347 e. The number of carbonyl (C=O) groups is 1. The van der Waals surface area contributed by atoms with Crippen LogP contribution < -0.4 is 10.9 Å². The van der Waals surface area contributed by atoms with Crippen LogP contribution in [0.4, 0.5) is 5.69 Å².